The van der Waals surface area contributed by atoms with E-state index < -0.39 is 11.9 Å². The first kappa shape index (κ1) is 12.1. The molecule has 2 aromatic heterocycles. The number of nitrogens with zero attached hydrogens (tertiary/aromatic N) is 1. The van der Waals surface area contributed by atoms with Crippen LogP contribution in [0, 0.1) is 0 Å². The van der Waals surface area contributed by atoms with Crippen molar-refractivity contribution in [3.05, 3.63) is 51.4 Å². The molecule has 17 heavy (non-hydrogen) atoms. The molecule has 0 amide bonds. The zero-order valence-corrected chi connectivity index (χ0v) is 10.4. The Morgan fingerprint density at radius 3 is 2.59 bits per heavy atom. The summed E-state index contributed by atoms with van der Waals surface area (Å²) in [4.78, 5) is 15.9. The lowest BCUT2D eigenvalue weighted by atomic mass is 9.99. The van der Waals surface area contributed by atoms with Gasteiger partial charge in [0.2, 0.25) is 0 Å². The van der Waals surface area contributed by atoms with E-state index in [0.29, 0.717) is 10.8 Å². The molecule has 0 fully saturated rings. The summed E-state index contributed by atoms with van der Waals surface area (Å²) in [6, 6.07) is 7.15. The van der Waals surface area contributed by atoms with Gasteiger partial charge in [0.25, 0.3) is 0 Å². The van der Waals surface area contributed by atoms with Crippen LogP contribution < -0.4 is 0 Å². The summed E-state index contributed by atoms with van der Waals surface area (Å²) in [7, 11) is 0. The molecule has 2 aromatic rings. The van der Waals surface area contributed by atoms with Gasteiger partial charge in [0.1, 0.15) is 0 Å². The van der Waals surface area contributed by atoms with Crippen LogP contribution in [0.4, 0.5) is 0 Å². The molecule has 0 saturated carbocycles. The number of carboxylic acid groups (broad SMARTS) is 1. The average Bonchev–Trinajstić information content (AvgIpc) is 2.73. The molecule has 2 heterocycles. The number of carbonyl (C=O) groups is 1. The normalized spacial score (nSPS) is 12.3. The number of carboxylic acids is 1. The Morgan fingerprint density at radius 1 is 1.35 bits per heavy atom. The minimum atomic E-state index is -0.833. The Hall–Kier alpha value is -1.39. The molecule has 88 valence electrons. The van der Waals surface area contributed by atoms with Gasteiger partial charge in [0.05, 0.1) is 10.3 Å². The van der Waals surface area contributed by atoms with Crippen molar-refractivity contribution in [2.75, 3.05) is 0 Å². The highest BCUT2D eigenvalue weighted by Crippen LogP contribution is 2.30. The van der Waals surface area contributed by atoms with Gasteiger partial charge >= 0.3 is 5.97 Å². The highest BCUT2D eigenvalue weighted by molar-refractivity contribution is 7.16. The van der Waals surface area contributed by atoms with Crippen molar-refractivity contribution in [1.82, 2.24) is 4.98 Å². The maximum Gasteiger partial charge on any atom is 0.312 e. The fraction of sp³-hybridized carbons (Fsp3) is 0.167. The molecule has 5 heteroatoms. The molecule has 1 unspecified atom stereocenters. The lowest BCUT2D eigenvalue weighted by Gasteiger charge is -2.09. The number of aromatic nitrogens is 1. The minimum absolute atomic E-state index is 0.453. The van der Waals surface area contributed by atoms with Gasteiger partial charge in [-0.25, -0.2) is 0 Å². The van der Waals surface area contributed by atoms with Crippen LogP contribution >= 0.6 is 22.9 Å². The van der Waals surface area contributed by atoms with Crippen molar-refractivity contribution in [3.63, 3.8) is 0 Å². The maximum absolute atomic E-state index is 11.3. The van der Waals surface area contributed by atoms with E-state index in [1.165, 1.54) is 11.3 Å². The number of hydrogen-bond acceptors (Lipinski definition) is 3. The van der Waals surface area contributed by atoms with E-state index in [0.717, 1.165) is 10.4 Å². The molecule has 0 aliphatic heterocycles. The number of aliphatic carboxylic acids is 1. The van der Waals surface area contributed by atoms with Gasteiger partial charge in [-0.05, 0) is 36.2 Å². The van der Waals surface area contributed by atoms with Crippen LogP contribution in [0.2, 0.25) is 4.34 Å². The van der Waals surface area contributed by atoms with Crippen molar-refractivity contribution in [1.29, 1.82) is 0 Å². The highest BCUT2D eigenvalue weighted by Gasteiger charge is 2.21. The molecule has 1 atom stereocenters. The van der Waals surface area contributed by atoms with Crippen LogP contribution in [0.15, 0.2) is 36.7 Å². The third kappa shape index (κ3) is 3.05. The van der Waals surface area contributed by atoms with Crippen molar-refractivity contribution < 1.29 is 9.90 Å². The first-order valence-electron chi connectivity index (χ1n) is 5.04. The van der Waals surface area contributed by atoms with Gasteiger partial charge in [0.15, 0.2) is 0 Å². The van der Waals surface area contributed by atoms with Gasteiger partial charge in [0, 0.05) is 17.3 Å². The fourth-order valence-corrected chi connectivity index (χ4v) is 2.73. The topological polar surface area (TPSA) is 50.2 Å². The van der Waals surface area contributed by atoms with Gasteiger partial charge in [-0.3, -0.25) is 9.78 Å². The molecule has 1 N–H and O–H groups in total. The second-order valence-electron chi connectivity index (χ2n) is 3.59. The van der Waals surface area contributed by atoms with Crippen LogP contribution in [0.5, 0.6) is 0 Å². The summed E-state index contributed by atoms with van der Waals surface area (Å²) >= 11 is 7.14. The van der Waals surface area contributed by atoms with Gasteiger partial charge < -0.3 is 5.11 Å². The Kier molecular flexibility index (Phi) is 3.76. The Bertz CT molecular complexity index is 512. The third-order valence-corrected chi connectivity index (χ3v) is 3.77. The molecular weight excluding hydrogens is 258 g/mol. The SMILES string of the molecule is O=C(O)C(Cc1ccncc1)c1ccc(Cl)s1. The monoisotopic (exact) mass is 267 g/mol. The molecule has 3 nitrogen and oxygen atoms in total. The average molecular weight is 268 g/mol. The van der Waals surface area contributed by atoms with Crippen LogP contribution in [0.25, 0.3) is 0 Å². The van der Waals surface area contributed by atoms with Crippen LogP contribution in [-0.4, -0.2) is 16.1 Å². The summed E-state index contributed by atoms with van der Waals surface area (Å²) in [5.74, 6) is -1.38. The van der Waals surface area contributed by atoms with Crippen LogP contribution in [0.1, 0.15) is 16.4 Å². The third-order valence-electron chi connectivity index (χ3n) is 2.42. The zero-order chi connectivity index (χ0) is 12.3. The molecule has 0 saturated heterocycles. The number of rotatable bonds is 4. The molecule has 0 aromatic carbocycles. The maximum atomic E-state index is 11.3. The molecule has 0 radical (unpaired) electrons. The fourth-order valence-electron chi connectivity index (χ4n) is 1.58. The molecule has 0 aliphatic rings. The minimum Gasteiger partial charge on any atom is -0.481 e. The van der Waals surface area contributed by atoms with Gasteiger partial charge in [-0.1, -0.05) is 11.6 Å². The summed E-state index contributed by atoms with van der Waals surface area (Å²) in [5.41, 5.74) is 0.955. The van der Waals surface area contributed by atoms with Crippen LogP contribution in [0.3, 0.4) is 0 Å². The zero-order valence-electron chi connectivity index (χ0n) is 8.84. The van der Waals surface area contributed by atoms with E-state index in [1.807, 2.05) is 12.1 Å². The molecule has 0 bridgehead atoms. The number of halogens is 1. The molecule has 2 rings (SSSR count). The first-order chi connectivity index (χ1) is 8.16. The van der Waals surface area contributed by atoms with Crippen molar-refractivity contribution in [2.24, 2.45) is 0 Å². The van der Waals surface area contributed by atoms with Crippen molar-refractivity contribution in [2.45, 2.75) is 12.3 Å². The number of hydrogen-bond donors (Lipinski definition) is 1. The number of pyridine rings is 1. The standard InChI is InChI=1S/C12H10ClNO2S/c13-11-2-1-10(17-11)9(12(15)16)7-8-3-5-14-6-4-8/h1-6,9H,7H2,(H,15,16). The second kappa shape index (κ2) is 5.29. The predicted molar refractivity (Wildman–Crippen MR) is 67.6 cm³/mol. The first-order valence-corrected chi connectivity index (χ1v) is 6.23. The van der Waals surface area contributed by atoms with E-state index in [2.05, 4.69) is 4.98 Å². The molecular formula is C12H10ClNO2S. The largest absolute Gasteiger partial charge is 0.481 e. The Labute approximate surface area is 108 Å². The lowest BCUT2D eigenvalue weighted by Crippen LogP contribution is -2.13. The van der Waals surface area contributed by atoms with E-state index in [9.17, 15) is 9.90 Å². The molecule has 0 spiro atoms. The Balaban J connectivity index is 2.22. The molecule has 0 aliphatic carbocycles. The second-order valence-corrected chi connectivity index (χ2v) is 5.34. The van der Waals surface area contributed by atoms with Crippen LogP contribution in [-0.2, 0) is 11.2 Å². The Morgan fingerprint density at radius 2 is 2.06 bits per heavy atom. The summed E-state index contributed by atoms with van der Waals surface area (Å²) in [5, 5.41) is 9.25. The van der Waals surface area contributed by atoms with E-state index in [4.69, 9.17) is 11.6 Å². The quantitative estimate of drug-likeness (QED) is 0.925. The number of thiophene rings is 1. The van der Waals surface area contributed by atoms with E-state index in [1.54, 1.807) is 24.5 Å². The van der Waals surface area contributed by atoms with Crippen molar-refractivity contribution in [3.8, 4) is 0 Å². The predicted octanol–water partition coefficient (Wildman–Crippen LogP) is 3.21. The summed E-state index contributed by atoms with van der Waals surface area (Å²) < 4.78 is 0.612. The highest BCUT2D eigenvalue weighted by atomic mass is 35.5. The smallest absolute Gasteiger partial charge is 0.312 e. The van der Waals surface area contributed by atoms with Gasteiger partial charge in [-0.15, -0.1) is 11.3 Å². The van der Waals surface area contributed by atoms with Crippen molar-refractivity contribution >= 4 is 28.9 Å². The lowest BCUT2D eigenvalue weighted by molar-refractivity contribution is -0.138. The van der Waals surface area contributed by atoms with E-state index in [-0.39, 0.29) is 0 Å². The van der Waals surface area contributed by atoms with Gasteiger partial charge in [-0.2, -0.15) is 0 Å². The summed E-state index contributed by atoms with van der Waals surface area (Å²) in [6.45, 7) is 0. The summed E-state index contributed by atoms with van der Waals surface area (Å²) in [6.07, 6.45) is 3.78. The van der Waals surface area contributed by atoms with E-state index >= 15 is 0 Å².